The Morgan fingerprint density at radius 1 is 1.21 bits per heavy atom. The van der Waals surface area contributed by atoms with Gasteiger partial charge in [0.1, 0.15) is 5.75 Å². The van der Waals surface area contributed by atoms with Gasteiger partial charge in [0.2, 0.25) is 0 Å². The highest BCUT2D eigenvalue weighted by molar-refractivity contribution is 5.95. The van der Waals surface area contributed by atoms with Crippen LogP contribution in [0.5, 0.6) is 5.75 Å². The summed E-state index contributed by atoms with van der Waals surface area (Å²) in [6.45, 7) is 6.08. The monoisotopic (exact) mass is 400 g/mol. The van der Waals surface area contributed by atoms with Crippen molar-refractivity contribution in [1.82, 2.24) is 15.3 Å². The van der Waals surface area contributed by atoms with Crippen LogP contribution in [0, 0.1) is 6.92 Å². The van der Waals surface area contributed by atoms with Crippen molar-refractivity contribution in [1.29, 1.82) is 0 Å². The van der Waals surface area contributed by atoms with Gasteiger partial charge in [-0.05, 0) is 36.8 Å². The average Bonchev–Trinajstić information content (AvgIpc) is 2.73. The van der Waals surface area contributed by atoms with E-state index in [9.17, 15) is 14.4 Å². The summed E-state index contributed by atoms with van der Waals surface area (Å²) in [6.07, 6.45) is 0. The molecule has 1 aliphatic heterocycles. The largest absolute Gasteiger partial charge is 0.482 e. The number of aromatic amines is 1. The summed E-state index contributed by atoms with van der Waals surface area (Å²) in [5.41, 5.74) is 2.37. The number of hydrogen-bond donors (Lipinski definition) is 3. The van der Waals surface area contributed by atoms with Crippen molar-refractivity contribution < 1.29 is 18.6 Å². The summed E-state index contributed by atoms with van der Waals surface area (Å²) in [5, 5.41) is 5.87. The van der Waals surface area contributed by atoms with Gasteiger partial charge in [-0.1, -0.05) is 31.5 Å². The van der Waals surface area contributed by atoms with E-state index < -0.39 is 5.91 Å². The molecule has 0 fully saturated rings. The number of rotatable bonds is 3. The molecule has 29 heavy (non-hydrogen) atoms. The third-order valence-corrected chi connectivity index (χ3v) is 4.21. The number of nitrogens with zero attached hydrogens (tertiary/aromatic N) is 1. The minimum Gasteiger partial charge on any atom is -0.482 e. The number of aryl methyl sites for hydroxylation is 1. The number of fused-ring (bicyclic) bond motifs is 2. The second kappa shape index (κ2) is 8.55. The highest BCUT2D eigenvalue weighted by atomic mass is 16.5. The number of amides is 2. The first-order valence-electron chi connectivity index (χ1n) is 9.34. The SMILES string of the molecule is CC.Cc1ccc2nc(C(=O)NCc3ccc4c(c3)NC(=O)CO4)[nH]c(=O)c2c1.[HH].[HH].[HH]. The van der Waals surface area contributed by atoms with Crippen molar-refractivity contribution in [2.75, 3.05) is 11.9 Å². The summed E-state index contributed by atoms with van der Waals surface area (Å²) in [6, 6.07) is 10.5. The number of aromatic nitrogens is 2. The van der Waals surface area contributed by atoms with Crippen molar-refractivity contribution in [3.8, 4) is 5.75 Å². The van der Waals surface area contributed by atoms with Crippen LogP contribution in [0.3, 0.4) is 0 Å². The third-order valence-electron chi connectivity index (χ3n) is 4.21. The first-order chi connectivity index (χ1) is 14.0. The third kappa shape index (κ3) is 4.43. The van der Waals surface area contributed by atoms with Crippen LogP contribution in [0.1, 0.15) is 39.9 Å². The molecular formula is C21H28N4O4. The number of anilines is 1. The molecule has 0 unspecified atom stereocenters. The van der Waals surface area contributed by atoms with E-state index in [2.05, 4.69) is 20.6 Å². The normalized spacial score (nSPS) is 12.2. The smallest absolute Gasteiger partial charge is 0.287 e. The van der Waals surface area contributed by atoms with E-state index in [1.807, 2.05) is 26.8 Å². The molecule has 2 aromatic carbocycles. The first kappa shape index (κ1) is 20.1. The number of carbonyl (C=O) groups is 2. The number of H-pyrrole nitrogens is 1. The lowest BCUT2D eigenvalue weighted by Crippen LogP contribution is -2.28. The lowest BCUT2D eigenvalue weighted by atomic mass is 10.1. The van der Waals surface area contributed by atoms with Gasteiger partial charge in [-0.2, -0.15) is 0 Å². The Morgan fingerprint density at radius 3 is 2.79 bits per heavy atom. The number of benzene rings is 2. The molecule has 0 radical (unpaired) electrons. The molecule has 0 atom stereocenters. The van der Waals surface area contributed by atoms with Crippen molar-refractivity contribution in [3.05, 3.63) is 63.7 Å². The van der Waals surface area contributed by atoms with E-state index >= 15 is 0 Å². The van der Waals surface area contributed by atoms with Crippen molar-refractivity contribution >= 4 is 28.4 Å². The maximum absolute atomic E-state index is 12.4. The van der Waals surface area contributed by atoms with Gasteiger partial charge in [0.25, 0.3) is 17.4 Å². The van der Waals surface area contributed by atoms with Gasteiger partial charge in [-0.3, -0.25) is 14.4 Å². The fraction of sp³-hybridized carbons (Fsp3) is 0.238. The van der Waals surface area contributed by atoms with Gasteiger partial charge in [-0.25, -0.2) is 4.98 Å². The maximum atomic E-state index is 12.4. The average molecular weight is 400 g/mol. The van der Waals surface area contributed by atoms with Crippen LogP contribution in [-0.4, -0.2) is 28.4 Å². The Bertz CT molecular complexity index is 1150. The van der Waals surface area contributed by atoms with E-state index in [1.54, 1.807) is 30.3 Å². The number of ether oxygens (including phenoxy) is 1. The Hall–Kier alpha value is -3.68. The van der Waals surface area contributed by atoms with E-state index in [4.69, 9.17) is 4.74 Å². The molecule has 4 rings (SSSR count). The summed E-state index contributed by atoms with van der Waals surface area (Å²) < 4.78 is 5.30. The summed E-state index contributed by atoms with van der Waals surface area (Å²) in [4.78, 5) is 42.7. The van der Waals surface area contributed by atoms with E-state index in [0.717, 1.165) is 11.1 Å². The maximum Gasteiger partial charge on any atom is 0.287 e. The topological polar surface area (TPSA) is 113 Å². The second-order valence-corrected chi connectivity index (χ2v) is 6.29. The summed E-state index contributed by atoms with van der Waals surface area (Å²) >= 11 is 0. The molecule has 156 valence electrons. The van der Waals surface area contributed by atoms with Crippen LogP contribution in [0.4, 0.5) is 5.69 Å². The Morgan fingerprint density at radius 2 is 2.00 bits per heavy atom. The molecule has 3 N–H and O–H groups in total. The highest BCUT2D eigenvalue weighted by Crippen LogP contribution is 2.28. The molecule has 1 aromatic heterocycles. The molecule has 0 spiro atoms. The standard InChI is InChI=1S/C19H16N4O4.C2H6.3H2/c1-10-2-4-13-12(6-10)18(25)23-17(22-13)19(26)20-8-11-3-5-15-14(7-11)21-16(24)9-27-15;1-2;;;/h2-7H,8-9H2,1H3,(H,20,26)(H,21,24)(H,22,23,25);1-2H3;3*1H. The van der Waals surface area contributed by atoms with Crippen LogP contribution < -0.4 is 20.9 Å². The van der Waals surface area contributed by atoms with Crippen molar-refractivity contribution in [2.24, 2.45) is 0 Å². The molecular weight excluding hydrogens is 372 g/mol. The van der Waals surface area contributed by atoms with Gasteiger partial charge < -0.3 is 20.4 Å². The lowest BCUT2D eigenvalue weighted by Gasteiger charge is -2.18. The van der Waals surface area contributed by atoms with Gasteiger partial charge >= 0.3 is 0 Å². The van der Waals surface area contributed by atoms with Gasteiger partial charge in [-0.15, -0.1) is 0 Å². The fourth-order valence-electron chi connectivity index (χ4n) is 2.87. The van der Waals surface area contributed by atoms with E-state index in [0.29, 0.717) is 22.3 Å². The quantitative estimate of drug-likeness (QED) is 0.624. The number of hydrogen-bond acceptors (Lipinski definition) is 5. The molecule has 2 amide bonds. The van der Waals surface area contributed by atoms with Gasteiger partial charge in [0.15, 0.2) is 12.4 Å². The molecule has 0 aliphatic carbocycles. The van der Waals surface area contributed by atoms with Crippen LogP contribution >= 0.6 is 0 Å². The zero-order valence-electron chi connectivity index (χ0n) is 16.5. The number of nitrogens with one attached hydrogen (secondary N) is 3. The predicted octanol–water partition coefficient (Wildman–Crippen LogP) is 3.26. The number of carbonyl (C=O) groups excluding carboxylic acids is 2. The lowest BCUT2D eigenvalue weighted by molar-refractivity contribution is -0.118. The Kier molecular flexibility index (Phi) is 5.92. The molecule has 0 bridgehead atoms. The molecule has 1 aliphatic rings. The second-order valence-electron chi connectivity index (χ2n) is 6.29. The Labute approximate surface area is 171 Å². The molecule has 0 saturated carbocycles. The molecule has 3 aromatic rings. The van der Waals surface area contributed by atoms with Crippen LogP contribution in [0.2, 0.25) is 0 Å². The van der Waals surface area contributed by atoms with Crippen LogP contribution in [0.25, 0.3) is 10.9 Å². The molecule has 8 nitrogen and oxygen atoms in total. The van der Waals surface area contributed by atoms with Crippen LogP contribution in [-0.2, 0) is 11.3 Å². The molecule has 8 heteroatoms. The first-order valence-corrected chi connectivity index (χ1v) is 9.34. The van der Waals surface area contributed by atoms with E-state index in [-0.39, 0.29) is 34.7 Å². The summed E-state index contributed by atoms with van der Waals surface area (Å²) in [5.74, 6) is -0.184. The van der Waals surface area contributed by atoms with Gasteiger partial charge in [0, 0.05) is 10.8 Å². The van der Waals surface area contributed by atoms with Crippen molar-refractivity contribution in [2.45, 2.75) is 27.3 Å². The van der Waals surface area contributed by atoms with Crippen LogP contribution in [0.15, 0.2) is 41.2 Å². The zero-order valence-corrected chi connectivity index (χ0v) is 16.5. The minimum absolute atomic E-state index is 0. The van der Waals surface area contributed by atoms with Gasteiger partial charge in [0.05, 0.1) is 16.6 Å². The Balaban J connectivity index is 0.00000187. The molecule has 0 saturated heterocycles. The van der Waals surface area contributed by atoms with E-state index in [1.165, 1.54) is 0 Å². The minimum atomic E-state index is -0.493. The predicted molar refractivity (Wildman–Crippen MR) is 117 cm³/mol. The fourth-order valence-corrected chi connectivity index (χ4v) is 2.87. The van der Waals surface area contributed by atoms with Crippen molar-refractivity contribution in [3.63, 3.8) is 0 Å². The zero-order chi connectivity index (χ0) is 21.0. The molecule has 2 heterocycles. The highest BCUT2D eigenvalue weighted by Gasteiger charge is 2.16. The summed E-state index contributed by atoms with van der Waals surface area (Å²) in [7, 11) is 0.